The molecular formula is C5H6BrN3. The third-order valence-electron chi connectivity index (χ3n) is 0.819. The van der Waals surface area contributed by atoms with E-state index in [9.17, 15) is 0 Å². The smallest absolute Gasteiger partial charge is 0.158 e. The molecule has 0 amide bonds. The van der Waals surface area contributed by atoms with Crippen LogP contribution in [0.3, 0.4) is 0 Å². The van der Waals surface area contributed by atoms with Gasteiger partial charge >= 0.3 is 0 Å². The maximum atomic E-state index is 8.23. The number of aromatic nitrogens is 2. The number of rotatable bonds is 0. The van der Waals surface area contributed by atoms with Crippen LogP contribution in [0.1, 0.15) is 5.69 Å². The zero-order chi connectivity index (χ0) is 5.98. The third-order valence-corrected chi connectivity index (χ3v) is 0.819. The number of hydrogen-bond donors (Lipinski definition) is 0. The molecule has 0 saturated carbocycles. The molecular weight excluding hydrogens is 182 g/mol. The fraction of sp³-hybridized carbons (Fsp3) is 0.200. The van der Waals surface area contributed by atoms with Crippen LogP contribution in [0.15, 0.2) is 12.5 Å². The average Bonchev–Trinajstić information content (AvgIpc) is 2.14. The van der Waals surface area contributed by atoms with E-state index in [0.29, 0.717) is 5.69 Å². The average molecular weight is 188 g/mol. The highest BCUT2D eigenvalue weighted by atomic mass is 79.9. The first-order valence-electron chi connectivity index (χ1n) is 2.21. The summed E-state index contributed by atoms with van der Waals surface area (Å²) in [5, 5.41) is 8.23. The molecule has 0 aliphatic heterocycles. The van der Waals surface area contributed by atoms with Crippen molar-refractivity contribution in [1.29, 1.82) is 5.26 Å². The van der Waals surface area contributed by atoms with Gasteiger partial charge in [0.1, 0.15) is 6.07 Å². The Bertz CT molecular complexity index is 222. The number of hydrogen-bond acceptors (Lipinski definition) is 2. The van der Waals surface area contributed by atoms with Gasteiger partial charge in [-0.2, -0.15) is 5.26 Å². The molecule has 1 aromatic heterocycles. The van der Waals surface area contributed by atoms with E-state index in [0.717, 1.165) is 0 Å². The van der Waals surface area contributed by atoms with Gasteiger partial charge in [0, 0.05) is 13.2 Å². The molecule has 48 valence electrons. The summed E-state index contributed by atoms with van der Waals surface area (Å²) in [5.74, 6) is 0. The van der Waals surface area contributed by atoms with Gasteiger partial charge in [-0.25, -0.2) is 4.98 Å². The number of aryl methyl sites for hydroxylation is 1. The van der Waals surface area contributed by atoms with Crippen molar-refractivity contribution in [2.75, 3.05) is 0 Å². The molecule has 0 saturated heterocycles. The molecule has 0 aromatic carbocycles. The lowest BCUT2D eigenvalue weighted by atomic mass is 10.5. The third kappa shape index (κ3) is 1.86. The number of halogens is 1. The van der Waals surface area contributed by atoms with E-state index in [4.69, 9.17) is 5.26 Å². The van der Waals surface area contributed by atoms with Gasteiger partial charge in [-0.15, -0.1) is 17.0 Å². The van der Waals surface area contributed by atoms with Gasteiger partial charge in [0.05, 0.1) is 6.33 Å². The van der Waals surface area contributed by atoms with Gasteiger partial charge in [-0.3, -0.25) is 0 Å². The number of nitriles is 1. The minimum absolute atomic E-state index is 0. The summed E-state index contributed by atoms with van der Waals surface area (Å²) in [6.07, 6.45) is 3.26. The monoisotopic (exact) mass is 187 g/mol. The second-order valence-electron chi connectivity index (χ2n) is 1.54. The first-order valence-corrected chi connectivity index (χ1v) is 2.21. The van der Waals surface area contributed by atoms with Crippen molar-refractivity contribution in [3.63, 3.8) is 0 Å². The van der Waals surface area contributed by atoms with Crippen molar-refractivity contribution < 1.29 is 0 Å². The zero-order valence-electron chi connectivity index (χ0n) is 4.90. The predicted octanol–water partition coefficient (Wildman–Crippen LogP) is 0.870. The summed E-state index contributed by atoms with van der Waals surface area (Å²) in [4.78, 5) is 3.74. The van der Waals surface area contributed by atoms with Crippen LogP contribution < -0.4 is 0 Å². The molecule has 1 aromatic rings. The zero-order valence-corrected chi connectivity index (χ0v) is 6.62. The van der Waals surface area contributed by atoms with Gasteiger partial charge in [0.15, 0.2) is 5.69 Å². The molecule has 0 bridgehead atoms. The molecule has 9 heavy (non-hydrogen) atoms. The first-order chi connectivity index (χ1) is 3.83. The normalized spacial score (nSPS) is 7.56. The van der Waals surface area contributed by atoms with Crippen LogP contribution in [0.5, 0.6) is 0 Å². The van der Waals surface area contributed by atoms with Crippen LogP contribution in [-0.4, -0.2) is 9.55 Å². The number of nitrogens with zero attached hydrogens (tertiary/aromatic N) is 3. The van der Waals surface area contributed by atoms with Crippen molar-refractivity contribution in [1.82, 2.24) is 9.55 Å². The summed E-state index contributed by atoms with van der Waals surface area (Å²) < 4.78 is 1.73. The predicted molar refractivity (Wildman–Crippen MR) is 38.2 cm³/mol. The molecule has 0 N–H and O–H groups in total. The second-order valence-corrected chi connectivity index (χ2v) is 1.54. The minimum Gasteiger partial charge on any atom is -0.339 e. The molecule has 0 unspecified atom stereocenters. The molecule has 4 heteroatoms. The van der Waals surface area contributed by atoms with Crippen LogP contribution in [0.4, 0.5) is 0 Å². The Hall–Kier alpha value is -0.820. The van der Waals surface area contributed by atoms with Crippen molar-refractivity contribution in [3.05, 3.63) is 18.2 Å². The topological polar surface area (TPSA) is 41.6 Å². The molecule has 1 rings (SSSR count). The lowest BCUT2D eigenvalue weighted by Crippen LogP contribution is -1.77. The first kappa shape index (κ1) is 8.18. The molecule has 0 atom stereocenters. The maximum Gasteiger partial charge on any atom is 0.158 e. The van der Waals surface area contributed by atoms with Crippen molar-refractivity contribution in [3.8, 4) is 6.07 Å². The molecule has 0 aliphatic rings. The van der Waals surface area contributed by atoms with E-state index in [1.165, 1.54) is 0 Å². The Labute approximate surface area is 63.7 Å². The lowest BCUT2D eigenvalue weighted by Gasteiger charge is -1.77. The molecule has 0 spiro atoms. The Kier molecular flexibility index (Phi) is 2.96. The van der Waals surface area contributed by atoms with Crippen LogP contribution in [0.2, 0.25) is 0 Å². The second kappa shape index (κ2) is 3.25. The summed E-state index contributed by atoms with van der Waals surface area (Å²) in [7, 11) is 1.83. The highest BCUT2D eigenvalue weighted by molar-refractivity contribution is 8.93. The van der Waals surface area contributed by atoms with Gasteiger partial charge in [-0.1, -0.05) is 0 Å². The van der Waals surface area contributed by atoms with Crippen molar-refractivity contribution >= 4 is 17.0 Å². The van der Waals surface area contributed by atoms with Gasteiger partial charge in [0.25, 0.3) is 0 Å². The van der Waals surface area contributed by atoms with E-state index in [1.807, 2.05) is 13.1 Å². The van der Waals surface area contributed by atoms with Crippen molar-refractivity contribution in [2.24, 2.45) is 7.05 Å². The summed E-state index contributed by atoms with van der Waals surface area (Å²) in [6.45, 7) is 0. The van der Waals surface area contributed by atoms with Crippen LogP contribution in [-0.2, 0) is 7.05 Å². The van der Waals surface area contributed by atoms with E-state index in [2.05, 4.69) is 4.98 Å². The van der Waals surface area contributed by atoms with Gasteiger partial charge in [0.2, 0.25) is 0 Å². The summed E-state index contributed by atoms with van der Waals surface area (Å²) in [5.41, 5.74) is 0.465. The Morgan fingerprint density at radius 3 is 2.67 bits per heavy atom. The highest BCUT2D eigenvalue weighted by Gasteiger charge is 1.88. The summed E-state index contributed by atoms with van der Waals surface area (Å²) in [6, 6.07) is 1.92. The van der Waals surface area contributed by atoms with E-state index < -0.39 is 0 Å². The van der Waals surface area contributed by atoms with Crippen molar-refractivity contribution in [2.45, 2.75) is 0 Å². The van der Waals surface area contributed by atoms with E-state index in [1.54, 1.807) is 17.1 Å². The largest absolute Gasteiger partial charge is 0.339 e. The number of imidazole rings is 1. The molecule has 0 radical (unpaired) electrons. The SMILES string of the molecule is Br.Cn1cnc(C#N)c1. The quantitative estimate of drug-likeness (QED) is 0.606. The Balaban J connectivity index is 0.000000640. The molecule has 0 aliphatic carbocycles. The minimum atomic E-state index is 0. The van der Waals surface area contributed by atoms with Gasteiger partial charge < -0.3 is 4.57 Å². The maximum absolute atomic E-state index is 8.23. The summed E-state index contributed by atoms with van der Waals surface area (Å²) >= 11 is 0. The van der Waals surface area contributed by atoms with E-state index >= 15 is 0 Å². The highest BCUT2D eigenvalue weighted by Crippen LogP contribution is 1.87. The lowest BCUT2D eigenvalue weighted by molar-refractivity contribution is 0.913. The molecule has 0 fully saturated rings. The fourth-order valence-corrected chi connectivity index (χ4v) is 0.471. The molecule has 1 heterocycles. The van der Waals surface area contributed by atoms with E-state index in [-0.39, 0.29) is 17.0 Å². The van der Waals surface area contributed by atoms with Crippen LogP contribution in [0, 0.1) is 11.3 Å². The Morgan fingerprint density at radius 1 is 1.78 bits per heavy atom. The van der Waals surface area contributed by atoms with Crippen LogP contribution >= 0.6 is 17.0 Å². The Morgan fingerprint density at radius 2 is 2.44 bits per heavy atom. The fourth-order valence-electron chi connectivity index (χ4n) is 0.471. The van der Waals surface area contributed by atoms with Crippen LogP contribution in [0.25, 0.3) is 0 Å². The standard InChI is InChI=1S/C5H5N3.BrH/c1-8-3-5(2-6)7-4-8;/h3-4H,1H3;1H. The molecule has 3 nitrogen and oxygen atoms in total. The van der Waals surface area contributed by atoms with Gasteiger partial charge in [-0.05, 0) is 0 Å².